The molecule has 0 aliphatic heterocycles. The van der Waals surface area contributed by atoms with Gasteiger partial charge in [0.1, 0.15) is 18.2 Å². The predicted octanol–water partition coefficient (Wildman–Crippen LogP) is 2.97. The first-order valence-electron chi connectivity index (χ1n) is 7.33. The summed E-state index contributed by atoms with van der Waals surface area (Å²) in [5.74, 6) is 0.400. The number of fused-ring (bicyclic) bond motifs is 1. The Hall–Kier alpha value is -3.48. The molecule has 0 fully saturated rings. The molecule has 4 aromatic rings. The number of nitrogens with zero attached hydrogens (tertiary/aromatic N) is 4. The second-order valence-corrected chi connectivity index (χ2v) is 5.26. The van der Waals surface area contributed by atoms with Crippen LogP contribution < -0.4 is 5.32 Å². The summed E-state index contributed by atoms with van der Waals surface area (Å²) in [6.45, 7) is 1.79. The third-order valence-electron chi connectivity index (χ3n) is 3.57. The van der Waals surface area contributed by atoms with Crippen molar-refractivity contribution in [2.45, 2.75) is 6.92 Å². The molecule has 0 atom stereocenters. The van der Waals surface area contributed by atoms with E-state index < -0.39 is 0 Å². The number of carbonyl (C=O) groups excluding carboxylic acids is 1. The van der Waals surface area contributed by atoms with Gasteiger partial charge in [-0.25, -0.2) is 14.6 Å². The number of rotatable bonds is 3. The van der Waals surface area contributed by atoms with Crippen LogP contribution in [-0.2, 0) is 0 Å². The van der Waals surface area contributed by atoms with E-state index in [1.54, 1.807) is 48.3 Å². The Labute approximate surface area is 137 Å². The van der Waals surface area contributed by atoms with Crippen LogP contribution in [0.4, 0.5) is 5.69 Å². The molecule has 0 aliphatic rings. The van der Waals surface area contributed by atoms with Gasteiger partial charge >= 0.3 is 0 Å². The summed E-state index contributed by atoms with van der Waals surface area (Å²) in [5.41, 5.74) is 3.47. The molecule has 0 saturated heterocycles. The Kier molecular flexibility index (Phi) is 3.31. The number of carbonyl (C=O) groups is 1. The van der Waals surface area contributed by atoms with Gasteiger partial charge in [-0.05, 0) is 42.5 Å². The monoisotopic (exact) mass is 319 g/mol. The number of hydrogen-bond donors (Lipinski definition) is 1. The maximum atomic E-state index is 12.4. The maximum Gasteiger partial charge on any atom is 0.255 e. The molecule has 24 heavy (non-hydrogen) atoms. The number of benzene rings is 2. The second kappa shape index (κ2) is 5.62. The van der Waals surface area contributed by atoms with Crippen LogP contribution in [-0.4, -0.2) is 25.7 Å². The number of oxazole rings is 1. The summed E-state index contributed by atoms with van der Waals surface area (Å²) in [5, 5.41) is 6.91. The van der Waals surface area contributed by atoms with Crippen molar-refractivity contribution in [2.75, 3.05) is 5.32 Å². The Morgan fingerprint density at radius 3 is 2.75 bits per heavy atom. The van der Waals surface area contributed by atoms with Gasteiger partial charge in [-0.15, -0.1) is 0 Å². The van der Waals surface area contributed by atoms with Gasteiger partial charge < -0.3 is 9.73 Å². The highest BCUT2D eigenvalue weighted by Gasteiger charge is 2.09. The van der Waals surface area contributed by atoms with E-state index in [2.05, 4.69) is 20.4 Å². The minimum atomic E-state index is -0.195. The molecule has 2 heterocycles. The largest absolute Gasteiger partial charge is 0.441 e. The second-order valence-electron chi connectivity index (χ2n) is 5.26. The first kappa shape index (κ1) is 14.1. The summed E-state index contributed by atoms with van der Waals surface area (Å²) >= 11 is 0. The van der Waals surface area contributed by atoms with Gasteiger partial charge in [0.05, 0.1) is 5.69 Å². The molecule has 0 radical (unpaired) electrons. The fourth-order valence-corrected chi connectivity index (χ4v) is 2.43. The van der Waals surface area contributed by atoms with Gasteiger partial charge in [-0.1, -0.05) is 0 Å². The molecule has 7 heteroatoms. The Morgan fingerprint density at radius 1 is 1.17 bits per heavy atom. The number of amides is 1. The van der Waals surface area contributed by atoms with Crippen molar-refractivity contribution in [1.29, 1.82) is 0 Å². The van der Waals surface area contributed by atoms with Crippen molar-refractivity contribution in [3.63, 3.8) is 0 Å². The highest BCUT2D eigenvalue weighted by Crippen LogP contribution is 2.20. The Morgan fingerprint density at radius 2 is 2.00 bits per heavy atom. The molecule has 1 amide bonds. The lowest BCUT2D eigenvalue weighted by Crippen LogP contribution is -2.11. The van der Waals surface area contributed by atoms with Crippen LogP contribution in [0.2, 0.25) is 0 Å². The minimum Gasteiger partial charge on any atom is -0.441 e. The van der Waals surface area contributed by atoms with Gasteiger partial charge in [0.2, 0.25) is 0 Å². The van der Waals surface area contributed by atoms with E-state index in [-0.39, 0.29) is 5.91 Å². The highest BCUT2D eigenvalue weighted by atomic mass is 16.3. The molecule has 1 N–H and O–H groups in total. The summed E-state index contributed by atoms with van der Waals surface area (Å²) < 4.78 is 7.05. The Bertz CT molecular complexity index is 1000. The molecule has 7 nitrogen and oxygen atoms in total. The van der Waals surface area contributed by atoms with E-state index in [1.807, 2.05) is 12.1 Å². The fraction of sp³-hybridized carbons (Fsp3) is 0.0588. The quantitative estimate of drug-likeness (QED) is 0.627. The molecule has 0 unspecified atom stereocenters. The van der Waals surface area contributed by atoms with Crippen molar-refractivity contribution in [2.24, 2.45) is 0 Å². The van der Waals surface area contributed by atoms with Crippen molar-refractivity contribution >= 4 is 22.7 Å². The van der Waals surface area contributed by atoms with E-state index in [1.165, 1.54) is 6.33 Å². The zero-order valence-corrected chi connectivity index (χ0v) is 12.8. The highest BCUT2D eigenvalue weighted by molar-refractivity contribution is 6.05. The van der Waals surface area contributed by atoms with E-state index in [4.69, 9.17) is 4.42 Å². The Balaban J connectivity index is 1.54. The van der Waals surface area contributed by atoms with Crippen LogP contribution in [0.25, 0.3) is 16.8 Å². The SMILES string of the molecule is Cc1nc2cc(NC(=O)c3ccc(-n4cncn4)cc3)ccc2o1. The van der Waals surface area contributed by atoms with Crippen LogP contribution in [0.15, 0.2) is 59.5 Å². The van der Waals surface area contributed by atoms with Crippen LogP contribution in [0.5, 0.6) is 0 Å². The van der Waals surface area contributed by atoms with Crippen LogP contribution in [0, 0.1) is 6.92 Å². The van der Waals surface area contributed by atoms with Crippen LogP contribution >= 0.6 is 0 Å². The number of aryl methyl sites for hydroxylation is 1. The standard InChI is InChI=1S/C17H13N5O2/c1-11-20-15-8-13(4-7-16(15)24-11)21-17(23)12-2-5-14(6-3-12)22-10-18-9-19-22/h2-10H,1H3,(H,21,23). The van der Waals surface area contributed by atoms with Gasteiger partial charge in [0.15, 0.2) is 11.5 Å². The average Bonchev–Trinajstić information content (AvgIpc) is 3.23. The van der Waals surface area contributed by atoms with Crippen LogP contribution in [0.1, 0.15) is 16.2 Å². The molecule has 0 aliphatic carbocycles. The smallest absolute Gasteiger partial charge is 0.255 e. The zero-order valence-electron chi connectivity index (χ0n) is 12.8. The first-order valence-corrected chi connectivity index (χ1v) is 7.33. The molecule has 0 saturated carbocycles. The van der Waals surface area contributed by atoms with E-state index >= 15 is 0 Å². The lowest BCUT2D eigenvalue weighted by Gasteiger charge is -2.06. The fourth-order valence-electron chi connectivity index (χ4n) is 2.43. The predicted molar refractivity (Wildman–Crippen MR) is 88.1 cm³/mol. The number of anilines is 1. The summed E-state index contributed by atoms with van der Waals surface area (Å²) in [4.78, 5) is 20.5. The lowest BCUT2D eigenvalue weighted by molar-refractivity contribution is 0.102. The topological polar surface area (TPSA) is 85.8 Å². The molecule has 2 aromatic carbocycles. The molecular formula is C17H13N5O2. The lowest BCUT2D eigenvalue weighted by atomic mass is 10.2. The van der Waals surface area contributed by atoms with Crippen molar-refractivity contribution in [1.82, 2.24) is 19.7 Å². The summed E-state index contributed by atoms with van der Waals surface area (Å²) in [7, 11) is 0. The van der Waals surface area contributed by atoms with Gasteiger partial charge in [0, 0.05) is 18.2 Å². The minimum absolute atomic E-state index is 0.195. The zero-order chi connectivity index (χ0) is 16.5. The third-order valence-corrected chi connectivity index (χ3v) is 3.57. The summed E-state index contributed by atoms with van der Waals surface area (Å²) in [6.07, 6.45) is 3.06. The van der Waals surface area contributed by atoms with Crippen LogP contribution in [0.3, 0.4) is 0 Å². The molecule has 118 valence electrons. The molecule has 0 spiro atoms. The molecular weight excluding hydrogens is 306 g/mol. The van der Waals surface area contributed by atoms with Crippen molar-refractivity contribution < 1.29 is 9.21 Å². The maximum absolute atomic E-state index is 12.4. The summed E-state index contributed by atoms with van der Waals surface area (Å²) in [6, 6.07) is 12.5. The normalized spacial score (nSPS) is 10.9. The average molecular weight is 319 g/mol. The van der Waals surface area contributed by atoms with Crippen molar-refractivity contribution in [3.05, 3.63) is 66.6 Å². The van der Waals surface area contributed by atoms with Crippen molar-refractivity contribution in [3.8, 4) is 5.69 Å². The third kappa shape index (κ3) is 2.63. The molecule has 4 rings (SSSR count). The van der Waals surface area contributed by atoms with E-state index in [0.717, 1.165) is 5.69 Å². The molecule has 2 aromatic heterocycles. The van der Waals surface area contributed by atoms with Gasteiger partial charge in [-0.3, -0.25) is 4.79 Å². The number of nitrogens with one attached hydrogen (secondary N) is 1. The number of aromatic nitrogens is 4. The first-order chi connectivity index (χ1) is 11.7. The number of hydrogen-bond acceptors (Lipinski definition) is 5. The molecule has 0 bridgehead atoms. The van der Waals surface area contributed by atoms with Gasteiger partial charge in [-0.2, -0.15) is 5.10 Å². The van der Waals surface area contributed by atoms with Gasteiger partial charge in [0.25, 0.3) is 5.91 Å². The van der Waals surface area contributed by atoms with E-state index in [0.29, 0.717) is 28.2 Å². The van der Waals surface area contributed by atoms with E-state index in [9.17, 15) is 4.79 Å².